The second-order valence-corrected chi connectivity index (χ2v) is 6.06. The summed E-state index contributed by atoms with van der Waals surface area (Å²) in [6.45, 7) is 5.88. The van der Waals surface area contributed by atoms with Crippen molar-refractivity contribution in [2.75, 3.05) is 0 Å². The zero-order valence-corrected chi connectivity index (χ0v) is 11.8. The Kier molecular flexibility index (Phi) is 4.44. The van der Waals surface area contributed by atoms with Gasteiger partial charge in [-0.2, -0.15) is 0 Å². The first kappa shape index (κ1) is 14.3. The van der Waals surface area contributed by atoms with Crippen LogP contribution in [-0.4, -0.2) is 11.8 Å². The average Bonchev–Trinajstić information content (AvgIpc) is 2.20. The van der Waals surface area contributed by atoms with E-state index in [9.17, 15) is 9.18 Å². The molecule has 1 rings (SSSR count). The zero-order valence-electron chi connectivity index (χ0n) is 10.3. The highest BCUT2D eigenvalue weighted by molar-refractivity contribution is 9.10. The van der Waals surface area contributed by atoms with E-state index >= 15 is 0 Å². The standard InChI is InChI=1S/C13H17BrFNO/c1-13(2,3)11(16)7-10(17)8-5-4-6-9(14)12(8)15/h4-6,11H,7,16H2,1-3H3. The molecule has 0 amide bonds. The number of hydrogen-bond donors (Lipinski definition) is 1. The van der Waals surface area contributed by atoms with Gasteiger partial charge >= 0.3 is 0 Å². The monoisotopic (exact) mass is 301 g/mol. The lowest BCUT2D eigenvalue weighted by atomic mass is 9.83. The van der Waals surface area contributed by atoms with Gasteiger partial charge in [0.05, 0.1) is 10.0 Å². The van der Waals surface area contributed by atoms with Gasteiger partial charge in [-0.3, -0.25) is 4.79 Å². The summed E-state index contributed by atoms with van der Waals surface area (Å²) in [4.78, 5) is 11.9. The summed E-state index contributed by atoms with van der Waals surface area (Å²) < 4.78 is 14.0. The number of nitrogens with two attached hydrogens (primary N) is 1. The van der Waals surface area contributed by atoms with E-state index in [4.69, 9.17) is 5.73 Å². The van der Waals surface area contributed by atoms with Crippen molar-refractivity contribution in [1.82, 2.24) is 0 Å². The molecule has 1 aromatic rings. The Labute approximate surface area is 110 Å². The quantitative estimate of drug-likeness (QED) is 0.868. The maximum absolute atomic E-state index is 13.7. The summed E-state index contributed by atoms with van der Waals surface area (Å²) in [7, 11) is 0. The molecule has 1 aromatic carbocycles. The second-order valence-electron chi connectivity index (χ2n) is 5.20. The molecular formula is C13H17BrFNO. The van der Waals surface area contributed by atoms with E-state index in [1.165, 1.54) is 6.07 Å². The fraction of sp³-hybridized carbons (Fsp3) is 0.462. The van der Waals surface area contributed by atoms with Crippen molar-refractivity contribution >= 4 is 21.7 Å². The number of carbonyl (C=O) groups excluding carboxylic acids is 1. The molecule has 0 aliphatic carbocycles. The van der Waals surface area contributed by atoms with E-state index in [0.29, 0.717) is 4.47 Å². The lowest BCUT2D eigenvalue weighted by molar-refractivity contribution is 0.0949. The Hall–Kier alpha value is -0.740. The normalized spacial score (nSPS) is 13.5. The van der Waals surface area contributed by atoms with Crippen molar-refractivity contribution in [3.8, 4) is 0 Å². The van der Waals surface area contributed by atoms with Gasteiger partial charge in [-0.25, -0.2) is 4.39 Å². The molecule has 1 atom stereocenters. The smallest absolute Gasteiger partial charge is 0.167 e. The SMILES string of the molecule is CC(C)(C)C(N)CC(=O)c1cccc(Br)c1F. The molecule has 0 spiro atoms. The number of benzene rings is 1. The van der Waals surface area contributed by atoms with Gasteiger partial charge < -0.3 is 5.73 Å². The Balaban J connectivity index is 2.88. The van der Waals surface area contributed by atoms with Crippen LogP contribution < -0.4 is 5.73 Å². The molecule has 17 heavy (non-hydrogen) atoms. The molecule has 0 heterocycles. The van der Waals surface area contributed by atoms with E-state index in [2.05, 4.69) is 15.9 Å². The van der Waals surface area contributed by atoms with Gasteiger partial charge in [0.1, 0.15) is 5.82 Å². The van der Waals surface area contributed by atoms with E-state index in [0.717, 1.165) is 0 Å². The molecule has 0 bridgehead atoms. The predicted octanol–water partition coefficient (Wildman–Crippen LogP) is 3.53. The van der Waals surface area contributed by atoms with E-state index < -0.39 is 5.82 Å². The highest BCUT2D eigenvalue weighted by Crippen LogP contribution is 2.24. The van der Waals surface area contributed by atoms with Crippen LogP contribution in [0.5, 0.6) is 0 Å². The molecule has 2 nitrogen and oxygen atoms in total. The van der Waals surface area contributed by atoms with Gasteiger partial charge in [0, 0.05) is 12.5 Å². The summed E-state index contributed by atoms with van der Waals surface area (Å²) in [5, 5.41) is 0. The van der Waals surface area contributed by atoms with Crippen LogP contribution in [0.1, 0.15) is 37.6 Å². The number of hydrogen-bond acceptors (Lipinski definition) is 2. The fourth-order valence-corrected chi connectivity index (χ4v) is 1.70. The van der Waals surface area contributed by atoms with Crippen LogP contribution in [0.25, 0.3) is 0 Å². The first-order valence-electron chi connectivity index (χ1n) is 5.46. The van der Waals surface area contributed by atoms with Crippen LogP contribution in [0, 0.1) is 11.2 Å². The highest BCUT2D eigenvalue weighted by Gasteiger charge is 2.25. The molecular weight excluding hydrogens is 285 g/mol. The van der Waals surface area contributed by atoms with E-state index in [1.807, 2.05) is 20.8 Å². The van der Waals surface area contributed by atoms with Crippen molar-refractivity contribution in [1.29, 1.82) is 0 Å². The highest BCUT2D eigenvalue weighted by atomic mass is 79.9. The summed E-state index contributed by atoms with van der Waals surface area (Å²) in [5.74, 6) is -0.773. The first-order chi connectivity index (χ1) is 7.73. The van der Waals surface area contributed by atoms with Crippen molar-refractivity contribution in [3.05, 3.63) is 34.1 Å². The van der Waals surface area contributed by atoms with Gasteiger partial charge in [-0.15, -0.1) is 0 Å². The number of Topliss-reactive ketones (excluding diaryl/α,β-unsaturated/α-hetero) is 1. The second kappa shape index (κ2) is 5.27. The topological polar surface area (TPSA) is 43.1 Å². The number of carbonyl (C=O) groups is 1. The number of rotatable bonds is 3. The van der Waals surface area contributed by atoms with Crippen LogP contribution in [-0.2, 0) is 0 Å². The van der Waals surface area contributed by atoms with Crippen LogP contribution in [0.2, 0.25) is 0 Å². The summed E-state index contributed by atoms with van der Waals surface area (Å²) >= 11 is 3.06. The third-order valence-corrected chi connectivity index (χ3v) is 3.38. The lowest BCUT2D eigenvalue weighted by Gasteiger charge is -2.26. The maximum atomic E-state index is 13.7. The summed E-state index contributed by atoms with van der Waals surface area (Å²) in [6.07, 6.45) is 0.150. The predicted molar refractivity (Wildman–Crippen MR) is 70.5 cm³/mol. The largest absolute Gasteiger partial charge is 0.327 e. The first-order valence-corrected chi connectivity index (χ1v) is 6.25. The maximum Gasteiger partial charge on any atom is 0.167 e. The molecule has 1 unspecified atom stereocenters. The van der Waals surface area contributed by atoms with Crippen LogP contribution >= 0.6 is 15.9 Å². The molecule has 0 aliphatic heterocycles. The Morgan fingerprint density at radius 3 is 2.59 bits per heavy atom. The summed E-state index contributed by atoms with van der Waals surface area (Å²) in [6, 6.07) is 4.41. The van der Waals surface area contributed by atoms with Gasteiger partial charge in [0.2, 0.25) is 0 Å². The molecule has 0 saturated carbocycles. The minimum atomic E-state index is -0.515. The van der Waals surface area contributed by atoms with Gasteiger partial charge in [0.25, 0.3) is 0 Å². The molecule has 0 radical (unpaired) electrons. The van der Waals surface area contributed by atoms with Gasteiger partial charge in [-0.05, 0) is 33.5 Å². The van der Waals surface area contributed by atoms with Crippen molar-refractivity contribution in [2.45, 2.75) is 33.2 Å². The van der Waals surface area contributed by atoms with Crippen molar-refractivity contribution in [3.63, 3.8) is 0 Å². The van der Waals surface area contributed by atoms with Crippen LogP contribution in [0.15, 0.2) is 22.7 Å². The van der Waals surface area contributed by atoms with E-state index in [1.54, 1.807) is 12.1 Å². The Morgan fingerprint density at radius 2 is 2.06 bits per heavy atom. The minimum absolute atomic E-state index is 0.0964. The molecule has 0 fully saturated rings. The third-order valence-electron chi connectivity index (χ3n) is 2.77. The molecule has 0 saturated heterocycles. The summed E-state index contributed by atoms with van der Waals surface area (Å²) in [5.41, 5.74) is 5.85. The molecule has 0 aliphatic rings. The Morgan fingerprint density at radius 1 is 1.47 bits per heavy atom. The van der Waals surface area contributed by atoms with Gasteiger partial charge in [0.15, 0.2) is 5.78 Å². The molecule has 2 N–H and O–H groups in total. The fourth-order valence-electron chi connectivity index (χ4n) is 1.34. The molecule has 0 aromatic heterocycles. The number of ketones is 1. The average molecular weight is 302 g/mol. The Bertz CT molecular complexity index is 426. The minimum Gasteiger partial charge on any atom is -0.327 e. The van der Waals surface area contributed by atoms with E-state index in [-0.39, 0.29) is 29.2 Å². The lowest BCUT2D eigenvalue weighted by Crippen LogP contribution is -2.37. The third kappa shape index (κ3) is 3.61. The van der Waals surface area contributed by atoms with Crippen molar-refractivity contribution < 1.29 is 9.18 Å². The van der Waals surface area contributed by atoms with Gasteiger partial charge in [-0.1, -0.05) is 26.8 Å². The molecule has 94 valence electrons. The molecule has 4 heteroatoms. The zero-order chi connectivity index (χ0) is 13.2. The van der Waals surface area contributed by atoms with Crippen molar-refractivity contribution in [2.24, 2.45) is 11.1 Å². The number of halogens is 2. The van der Waals surface area contributed by atoms with Crippen LogP contribution in [0.3, 0.4) is 0 Å². The van der Waals surface area contributed by atoms with Crippen LogP contribution in [0.4, 0.5) is 4.39 Å².